The molecule has 1 aromatic rings. The molecule has 1 heterocycles. The van der Waals surface area contributed by atoms with E-state index in [0.29, 0.717) is 6.10 Å². The Morgan fingerprint density at radius 3 is 2.71 bits per heavy atom. The third-order valence-electron chi connectivity index (χ3n) is 2.97. The van der Waals surface area contributed by atoms with E-state index in [1.54, 1.807) is 0 Å². The number of alkyl halides is 1. The molecule has 0 radical (unpaired) electrons. The van der Waals surface area contributed by atoms with Crippen molar-refractivity contribution in [3.8, 4) is 0 Å². The van der Waals surface area contributed by atoms with Gasteiger partial charge in [0.2, 0.25) is 0 Å². The van der Waals surface area contributed by atoms with Crippen LogP contribution in [-0.2, 0) is 11.3 Å². The molecule has 0 N–H and O–H groups in total. The van der Waals surface area contributed by atoms with E-state index < -0.39 is 0 Å². The molecule has 1 fully saturated rings. The van der Waals surface area contributed by atoms with Crippen molar-refractivity contribution < 1.29 is 4.74 Å². The number of ether oxygens (including phenoxy) is 1. The first-order valence-corrected chi connectivity index (χ1v) is 7.21. The van der Waals surface area contributed by atoms with Crippen LogP contribution in [0.2, 0.25) is 0 Å². The van der Waals surface area contributed by atoms with Crippen LogP contribution >= 0.6 is 15.9 Å². The average Bonchev–Trinajstić information content (AvgIpc) is 2.28. The van der Waals surface area contributed by atoms with Gasteiger partial charge in [-0.15, -0.1) is 0 Å². The Labute approximate surface area is 112 Å². The Morgan fingerprint density at radius 2 is 2.06 bits per heavy atom. The van der Waals surface area contributed by atoms with E-state index >= 15 is 0 Å². The summed E-state index contributed by atoms with van der Waals surface area (Å²) in [6.45, 7) is 7.34. The summed E-state index contributed by atoms with van der Waals surface area (Å²) in [7, 11) is 0. The minimum Gasteiger partial charge on any atom is -0.369 e. The minimum atomic E-state index is -0.0501. The summed E-state index contributed by atoms with van der Waals surface area (Å²) in [4.78, 5) is 2.48. The summed E-state index contributed by atoms with van der Waals surface area (Å²) >= 11 is 3.52. The van der Waals surface area contributed by atoms with Gasteiger partial charge in [-0.05, 0) is 19.4 Å². The van der Waals surface area contributed by atoms with E-state index in [1.807, 2.05) is 0 Å². The van der Waals surface area contributed by atoms with Crippen molar-refractivity contribution in [1.82, 2.24) is 4.90 Å². The van der Waals surface area contributed by atoms with Gasteiger partial charge >= 0.3 is 0 Å². The van der Waals surface area contributed by atoms with Crippen LogP contribution in [0.1, 0.15) is 19.4 Å². The lowest BCUT2D eigenvalue weighted by atomic mass is 10.0. The van der Waals surface area contributed by atoms with E-state index in [9.17, 15) is 0 Å². The van der Waals surface area contributed by atoms with Crippen LogP contribution in [0.25, 0.3) is 0 Å². The quantitative estimate of drug-likeness (QED) is 0.795. The second-order valence-electron chi connectivity index (χ2n) is 5.31. The zero-order valence-corrected chi connectivity index (χ0v) is 12.1. The largest absolute Gasteiger partial charge is 0.369 e. The molecule has 94 valence electrons. The molecule has 1 aliphatic heterocycles. The summed E-state index contributed by atoms with van der Waals surface area (Å²) in [5.74, 6) is 0. The van der Waals surface area contributed by atoms with E-state index in [-0.39, 0.29) is 5.60 Å². The highest BCUT2D eigenvalue weighted by Crippen LogP contribution is 2.23. The van der Waals surface area contributed by atoms with E-state index in [2.05, 4.69) is 65.0 Å². The van der Waals surface area contributed by atoms with Crippen molar-refractivity contribution >= 4 is 15.9 Å². The number of halogens is 1. The molecule has 3 heteroatoms. The summed E-state index contributed by atoms with van der Waals surface area (Å²) in [5.41, 5.74) is 1.32. The monoisotopic (exact) mass is 297 g/mol. The molecule has 1 aromatic carbocycles. The molecule has 0 saturated carbocycles. The lowest BCUT2D eigenvalue weighted by Crippen LogP contribution is -2.52. The van der Waals surface area contributed by atoms with Crippen molar-refractivity contribution in [2.45, 2.75) is 32.1 Å². The third-order valence-corrected chi connectivity index (χ3v) is 3.70. The maximum Gasteiger partial charge on any atom is 0.0806 e. The number of hydrogen-bond acceptors (Lipinski definition) is 2. The summed E-state index contributed by atoms with van der Waals surface area (Å²) < 4.78 is 6.00. The van der Waals surface area contributed by atoms with E-state index in [0.717, 1.165) is 25.0 Å². The van der Waals surface area contributed by atoms with Crippen LogP contribution < -0.4 is 0 Å². The van der Waals surface area contributed by atoms with E-state index in [1.165, 1.54) is 5.56 Å². The Balaban J connectivity index is 2.01. The van der Waals surface area contributed by atoms with Crippen molar-refractivity contribution in [3.05, 3.63) is 35.9 Å². The summed E-state index contributed by atoms with van der Waals surface area (Å²) in [6.07, 6.45) is 0.294. The molecule has 1 atom stereocenters. The van der Waals surface area contributed by atoms with Crippen LogP contribution in [0, 0.1) is 0 Å². The van der Waals surface area contributed by atoms with Gasteiger partial charge in [0, 0.05) is 25.0 Å². The zero-order valence-electron chi connectivity index (χ0n) is 10.5. The standard InChI is InChI=1S/C14H20BrNO/c1-14(2)11-16(10-13(8-15)17-14)9-12-6-4-3-5-7-12/h3-7,13H,8-11H2,1-2H3. The molecular formula is C14H20BrNO. The van der Waals surface area contributed by atoms with Crippen molar-refractivity contribution in [2.24, 2.45) is 0 Å². The molecular weight excluding hydrogens is 278 g/mol. The summed E-state index contributed by atoms with van der Waals surface area (Å²) in [5, 5.41) is 0.904. The van der Waals surface area contributed by atoms with Crippen LogP contribution in [-0.4, -0.2) is 35.0 Å². The van der Waals surface area contributed by atoms with Crippen LogP contribution in [0.3, 0.4) is 0 Å². The Bertz CT molecular complexity index is 352. The van der Waals surface area contributed by atoms with Crippen molar-refractivity contribution in [3.63, 3.8) is 0 Å². The molecule has 0 bridgehead atoms. The molecule has 2 nitrogen and oxygen atoms in total. The number of nitrogens with zero attached hydrogens (tertiary/aromatic N) is 1. The van der Waals surface area contributed by atoms with Crippen molar-refractivity contribution in [2.75, 3.05) is 18.4 Å². The second-order valence-corrected chi connectivity index (χ2v) is 5.96. The molecule has 1 aliphatic rings. The SMILES string of the molecule is CC1(C)CN(Cc2ccccc2)CC(CBr)O1. The average molecular weight is 298 g/mol. The normalized spacial score (nSPS) is 24.8. The van der Waals surface area contributed by atoms with Gasteiger partial charge in [-0.3, -0.25) is 4.90 Å². The maximum atomic E-state index is 6.00. The van der Waals surface area contributed by atoms with Crippen LogP contribution in [0.15, 0.2) is 30.3 Å². The van der Waals surface area contributed by atoms with Gasteiger partial charge in [0.15, 0.2) is 0 Å². The van der Waals surface area contributed by atoms with Crippen LogP contribution in [0.4, 0.5) is 0 Å². The highest BCUT2D eigenvalue weighted by molar-refractivity contribution is 9.09. The molecule has 0 spiro atoms. The van der Waals surface area contributed by atoms with Gasteiger partial charge < -0.3 is 4.74 Å². The highest BCUT2D eigenvalue weighted by Gasteiger charge is 2.32. The van der Waals surface area contributed by atoms with E-state index in [4.69, 9.17) is 4.74 Å². The Kier molecular flexibility index (Phi) is 4.23. The number of rotatable bonds is 3. The fourth-order valence-electron chi connectivity index (χ4n) is 2.46. The lowest BCUT2D eigenvalue weighted by Gasteiger charge is -2.42. The van der Waals surface area contributed by atoms with Gasteiger partial charge in [0.1, 0.15) is 0 Å². The van der Waals surface area contributed by atoms with Crippen LogP contribution in [0.5, 0.6) is 0 Å². The maximum absolute atomic E-state index is 6.00. The fourth-order valence-corrected chi connectivity index (χ4v) is 2.80. The van der Waals surface area contributed by atoms with Gasteiger partial charge in [0.25, 0.3) is 0 Å². The lowest BCUT2D eigenvalue weighted by molar-refractivity contribution is -0.128. The molecule has 0 aromatic heterocycles. The topological polar surface area (TPSA) is 12.5 Å². The highest BCUT2D eigenvalue weighted by atomic mass is 79.9. The molecule has 1 unspecified atom stereocenters. The zero-order chi connectivity index (χ0) is 12.3. The van der Waals surface area contributed by atoms with Gasteiger partial charge in [-0.1, -0.05) is 46.3 Å². The molecule has 17 heavy (non-hydrogen) atoms. The number of benzene rings is 1. The fraction of sp³-hybridized carbons (Fsp3) is 0.571. The Morgan fingerprint density at radius 1 is 1.35 bits per heavy atom. The Hall–Kier alpha value is -0.380. The summed E-state index contributed by atoms with van der Waals surface area (Å²) in [6, 6.07) is 10.6. The smallest absolute Gasteiger partial charge is 0.0806 e. The molecule has 2 rings (SSSR count). The molecule has 1 saturated heterocycles. The molecule has 0 aliphatic carbocycles. The first-order valence-electron chi connectivity index (χ1n) is 6.09. The van der Waals surface area contributed by atoms with Gasteiger partial charge in [-0.25, -0.2) is 0 Å². The third kappa shape index (κ3) is 3.80. The van der Waals surface area contributed by atoms with Gasteiger partial charge in [0.05, 0.1) is 11.7 Å². The number of hydrogen-bond donors (Lipinski definition) is 0. The minimum absolute atomic E-state index is 0.0501. The second kappa shape index (κ2) is 5.51. The first kappa shape index (κ1) is 13.1. The first-order chi connectivity index (χ1) is 8.09. The number of morpholine rings is 1. The van der Waals surface area contributed by atoms with Crippen molar-refractivity contribution in [1.29, 1.82) is 0 Å². The van der Waals surface area contributed by atoms with Gasteiger partial charge in [-0.2, -0.15) is 0 Å². The molecule has 0 amide bonds. The predicted molar refractivity (Wildman–Crippen MR) is 74.5 cm³/mol. The predicted octanol–water partition coefficient (Wildman–Crippen LogP) is 3.06.